The maximum atomic E-state index is 10.7. The van der Waals surface area contributed by atoms with E-state index >= 15 is 0 Å². The molecule has 2 fully saturated rings. The first kappa shape index (κ1) is 16.9. The van der Waals surface area contributed by atoms with Gasteiger partial charge in [-0.3, -0.25) is 0 Å². The average Bonchev–Trinajstić information content (AvgIpc) is 3.46. The van der Waals surface area contributed by atoms with Crippen molar-refractivity contribution in [2.24, 2.45) is 11.8 Å². The summed E-state index contributed by atoms with van der Waals surface area (Å²) in [6, 6.07) is 7.52. The molecule has 1 aliphatic carbocycles. The quantitative estimate of drug-likeness (QED) is 0.704. The van der Waals surface area contributed by atoms with Crippen LogP contribution in [0.4, 0.5) is 5.82 Å². The highest BCUT2D eigenvalue weighted by Gasteiger charge is 2.43. The summed E-state index contributed by atoms with van der Waals surface area (Å²) in [5.74, 6) is 3.96. The Labute approximate surface area is 167 Å². The fourth-order valence-corrected chi connectivity index (χ4v) is 4.91. The topological polar surface area (TPSA) is 92.7 Å². The molecule has 0 bridgehead atoms. The minimum atomic E-state index is -0.488. The van der Waals surface area contributed by atoms with E-state index in [1.54, 1.807) is 6.33 Å². The Morgan fingerprint density at radius 1 is 1.07 bits per heavy atom. The summed E-state index contributed by atoms with van der Waals surface area (Å²) < 4.78 is 16.9. The summed E-state index contributed by atoms with van der Waals surface area (Å²) in [6.45, 7) is 2.04. The molecule has 0 radical (unpaired) electrons. The van der Waals surface area contributed by atoms with Gasteiger partial charge in [-0.1, -0.05) is 0 Å². The highest BCUT2D eigenvalue weighted by molar-refractivity contribution is 5.86. The van der Waals surface area contributed by atoms with Gasteiger partial charge in [0.05, 0.1) is 11.6 Å². The third-order valence-corrected chi connectivity index (χ3v) is 6.34. The maximum absolute atomic E-state index is 10.7. The van der Waals surface area contributed by atoms with E-state index in [-0.39, 0.29) is 12.9 Å². The third kappa shape index (κ3) is 2.86. The number of hydrogen-bond donors (Lipinski definition) is 2. The molecule has 6 rings (SSSR count). The number of aliphatic hydroxyl groups is 1. The van der Waals surface area contributed by atoms with E-state index in [2.05, 4.69) is 19.9 Å². The molecular weight excluding hydrogens is 372 g/mol. The summed E-state index contributed by atoms with van der Waals surface area (Å²) in [7, 11) is 0. The molecule has 1 saturated heterocycles. The van der Waals surface area contributed by atoms with E-state index in [0.29, 0.717) is 23.3 Å². The van der Waals surface area contributed by atoms with Crippen LogP contribution in [0.3, 0.4) is 0 Å². The van der Waals surface area contributed by atoms with E-state index < -0.39 is 6.10 Å². The van der Waals surface area contributed by atoms with Gasteiger partial charge < -0.3 is 29.2 Å². The van der Waals surface area contributed by atoms with E-state index in [9.17, 15) is 5.11 Å². The molecule has 150 valence electrons. The van der Waals surface area contributed by atoms with Gasteiger partial charge in [0.2, 0.25) is 6.79 Å². The fourth-order valence-electron chi connectivity index (χ4n) is 4.91. The van der Waals surface area contributed by atoms with Gasteiger partial charge >= 0.3 is 0 Å². The van der Waals surface area contributed by atoms with Gasteiger partial charge in [0.25, 0.3) is 0 Å². The lowest BCUT2D eigenvalue weighted by Crippen LogP contribution is -2.42. The molecule has 8 nitrogen and oxygen atoms in total. The smallest absolute Gasteiger partial charge is 0.231 e. The van der Waals surface area contributed by atoms with Gasteiger partial charge in [0.1, 0.15) is 23.7 Å². The largest absolute Gasteiger partial charge is 0.488 e. The first-order chi connectivity index (χ1) is 14.2. The third-order valence-electron chi connectivity index (χ3n) is 6.34. The molecule has 0 unspecified atom stereocenters. The van der Waals surface area contributed by atoms with Crippen molar-refractivity contribution >= 4 is 16.9 Å². The van der Waals surface area contributed by atoms with E-state index in [4.69, 9.17) is 14.2 Å². The van der Waals surface area contributed by atoms with E-state index in [1.165, 1.54) is 0 Å². The number of rotatable bonds is 3. The summed E-state index contributed by atoms with van der Waals surface area (Å²) >= 11 is 0. The molecule has 1 saturated carbocycles. The molecular formula is C21H22N4O4. The van der Waals surface area contributed by atoms with Crippen molar-refractivity contribution in [2.45, 2.75) is 25.0 Å². The Balaban J connectivity index is 1.19. The van der Waals surface area contributed by atoms with Gasteiger partial charge in [-0.05, 0) is 42.9 Å². The second kappa shape index (κ2) is 6.52. The number of aromatic amines is 1. The molecule has 2 aromatic heterocycles. The minimum absolute atomic E-state index is 0.229. The summed E-state index contributed by atoms with van der Waals surface area (Å²) in [5, 5.41) is 10.7. The Hall–Kier alpha value is -3.00. The van der Waals surface area contributed by atoms with Crippen LogP contribution in [0.1, 0.15) is 12.8 Å². The number of hydrogen-bond acceptors (Lipinski definition) is 7. The van der Waals surface area contributed by atoms with Crippen molar-refractivity contribution in [3.8, 4) is 17.2 Å². The zero-order chi connectivity index (χ0) is 19.4. The van der Waals surface area contributed by atoms with Crippen LogP contribution in [0.2, 0.25) is 0 Å². The predicted octanol–water partition coefficient (Wildman–Crippen LogP) is 2.34. The van der Waals surface area contributed by atoms with Crippen LogP contribution in [0.15, 0.2) is 36.8 Å². The lowest BCUT2D eigenvalue weighted by atomic mass is 9.78. The Kier molecular flexibility index (Phi) is 3.80. The zero-order valence-electron chi connectivity index (χ0n) is 15.8. The maximum Gasteiger partial charge on any atom is 0.231 e. The number of anilines is 1. The van der Waals surface area contributed by atoms with Crippen LogP contribution in [0.5, 0.6) is 17.2 Å². The molecule has 3 aromatic rings. The van der Waals surface area contributed by atoms with Gasteiger partial charge in [0, 0.05) is 25.4 Å². The first-order valence-electron chi connectivity index (χ1n) is 10.0. The number of benzene rings is 1. The molecule has 29 heavy (non-hydrogen) atoms. The highest BCUT2D eigenvalue weighted by Crippen LogP contribution is 2.41. The molecule has 4 heterocycles. The summed E-state index contributed by atoms with van der Waals surface area (Å²) in [5.41, 5.74) is 1.90. The molecule has 2 N–H and O–H groups in total. The van der Waals surface area contributed by atoms with Crippen LogP contribution in [0.25, 0.3) is 11.0 Å². The van der Waals surface area contributed by atoms with Gasteiger partial charge in [-0.25, -0.2) is 9.97 Å². The molecule has 0 spiro atoms. The first-order valence-corrected chi connectivity index (χ1v) is 10.0. The molecule has 8 heteroatoms. The van der Waals surface area contributed by atoms with Crippen LogP contribution < -0.4 is 19.1 Å². The van der Waals surface area contributed by atoms with Crippen LogP contribution in [-0.2, 0) is 0 Å². The molecule has 3 aliphatic rings. The summed E-state index contributed by atoms with van der Waals surface area (Å²) in [4.78, 5) is 14.4. The second-order valence-electron chi connectivity index (χ2n) is 8.07. The van der Waals surface area contributed by atoms with Gasteiger partial charge in [0.15, 0.2) is 17.3 Å². The van der Waals surface area contributed by atoms with Crippen molar-refractivity contribution < 1.29 is 19.3 Å². The monoisotopic (exact) mass is 394 g/mol. The molecule has 4 atom stereocenters. The Bertz CT molecular complexity index is 1050. The van der Waals surface area contributed by atoms with E-state index in [1.807, 2.05) is 30.5 Å². The number of aliphatic hydroxyl groups excluding tert-OH is 1. The lowest BCUT2D eigenvalue weighted by Gasteiger charge is -2.35. The number of nitrogens with one attached hydrogen (secondary N) is 1. The minimum Gasteiger partial charge on any atom is -0.488 e. The van der Waals surface area contributed by atoms with Gasteiger partial charge in [-0.15, -0.1) is 0 Å². The van der Waals surface area contributed by atoms with Crippen molar-refractivity contribution in [3.63, 3.8) is 0 Å². The van der Waals surface area contributed by atoms with Crippen molar-refractivity contribution in [2.75, 3.05) is 24.8 Å². The van der Waals surface area contributed by atoms with Crippen molar-refractivity contribution in [3.05, 3.63) is 36.8 Å². The zero-order valence-corrected chi connectivity index (χ0v) is 15.8. The molecule has 0 amide bonds. The van der Waals surface area contributed by atoms with E-state index in [0.717, 1.165) is 48.5 Å². The number of nitrogens with zero attached hydrogens (tertiary/aromatic N) is 3. The number of ether oxygens (including phenoxy) is 3. The molecule has 1 aromatic carbocycles. The van der Waals surface area contributed by atoms with Gasteiger partial charge in [-0.2, -0.15) is 0 Å². The number of aromatic nitrogens is 3. The van der Waals surface area contributed by atoms with Crippen LogP contribution in [-0.4, -0.2) is 52.1 Å². The summed E-state index contributed by atoms with van der Waals surface area (Å²) in [6.07, 6.45) is 4.34. The standard InChI is InChI=1S/C21H22N4O4/c26-16-5-12-8-25(21-20-15(3-4-22-20)23-10-24-21)9-13(12)6-18(16)29-14-1-2-17-19(7-14)28-11-27-17/h1-4,7,10,12-13,16,18,22,26H,5-6,8-9,11H2/t12-,13+,16+,18+/m0/s1. The highest BCUT2D eigenvalue weighted by atomic mass is 16.7. The van der Waals surface area contributed by atoms with Crippen molar-refractivity contribution in [1.82, 2.24) is 15.0 Å². The van der Waals surface area contributed by atoms with Crippen molar-refractivity contribution in [1.29, 1.82) is 0 Å². The lowest BCUT2D eigenvalue weighted by molar-refractivity contribution is -0.0232. The fraction of sp³-hybridized carbons (Fsp3) is 0.429. The van der Waals surface area contributed by atoms with Crippen LogP contribution in [0, 0.1) is 11.8 Å². The average molecular weight is 394 g/mol. The number of H-pyrrole nitrogens is 1. The SMILES string of the molecule is O[C@@H]1C[C@H]2CN(c3ncnc4cc[nH]c34)C[C@H]2C[C@H]1Oc1ccc2c(c1)OCO2. The Morgan fingerprint density at radius 2 is 1.93 bits per heavy atom. The Morgan fingerprint density at radius 3 is 2.86 bits per heavy atom. The second-order valence-corrected chi connectivity index (χ2v) is 8.07. The molecule has 2 aliphatic heterocycles. The van der Waals surface area contributed by atoms with Crippen LogP contribution >= 0.6 is 0 Å². The normalized spacial score (nSPS) is 28.0. The predicted molar refractivity (Wildman–Crippen MR) is 105 cm³/mol. The number of fused-ring (bicyclic) bond motifs is 3.